The van der Waals surface area contributed by atoms with Crippen molar-refractivity contribution in [1.82, 2.24) is 19.5 Å². The maximum atomic E-state index is 14.1. The van der Waals surface area contributed by atoms with E-state index in [4.69, 9.17) is 9.72 Å². The highest BCUT2D eigenvalue weighted by Gasteiger charge is 2.24. The second-order valence-electron chi connectivity index (χ2n) is 6.88. The van der Waals surface area contributed by atoms with E-state index in [2.05, 4.69) is 15.3 Å². The highest BCUT2D eigenvalue weighted by molar-refractivity contribution is 5.78. The summed E-state index contributed by atoms with van der Waals surface area (Å²) in [5, 5.41) is 7.80. The fourth-order valence-corrected chi connectivity index (χ4v) is 3.90. The Bertz CT molecular complexity index is 956. The second kappa shape index (κ2) is 6.25. The molecule has 1 atom stereocenters. The largest absolute Gasteiger partial charge is 0.492 e. The molecule has 3 aromatic rings. The summed E-state index contributed by atoms with van der Waals surface area (Å²) >= 11 is 0. The first-order chi connectivity index (χ1) is 12.8. The third-order valence-corrected chi connectivity index (χ3v) is 5.22. The fourth-order valence-electron chi connectivity index (χ4n) is 3.90. The van der Waals surface area contributed by atoms with Gasteiger partial charge in [-0.15, -0.1) is 0 Å². The van der Waals surface area contributed by atoms with Crippen molar-refractivity contribution in [3.05, 3.63) is 42.5 Å². The predicted molar refractivity (Wildman–Crippen MR) is 97.0 cm³/mol. The van der Waals surface area contributed by atoms with Crippen LogP contribution < -0.4 is 10.1 Å². The molecule has 0 aliphatic carbocycles. The average molecular weight is 353 g/mol. The van der Waals surface area contributed by atoms with E-state index in [-0.39, 0.29) is 5.82 Å². The Morgan fingerprint density at radius 3 is 3.15 bits per heavy atom. The van der Waals surface area contributed by atoms with E-state index in [9.17, 15) is 4.39 Å². The Balaban J connectivity index is 1.61. The van der Waals surface area contributed by atoms with Crippen molar-refractivity contribution in [2.75, 3.05) is 31.6 Å². The van der Waals surface area contributed by atoms with Crippen molar-refractivity contribution in [1.29, 1.82) is 0 Å². The minimum absolute atomic E-state index is 0.322. The molecular formula is C19H20FN5O. The van der Waals surface area contributed by atoms with Crippen molar-refractivity contribution in [2.45, 2.75) is 18.9 Å². The molecule has 0 amide bonds. The maximum Gasteiger partial charge on any atom is 0.165 e. The predicted octanol–water partition coefficient (Wildman–Crippen LogP) is 2.80. The van der Waals surface area contributed by atoms with Crippen LogP contribution in [0.25, 0.3) is 16.8 Å². The molecule has 7 heteroatoms. The summed E-state index contributed by atoms with van der Waals surface area (Å²) in [6.07, 6.45) is 5.95. The van der Waals surface area contributed by atoms with Crippen molar-refractivity contribution in [2.24, 2.45) is 0 Å². The van der Waals surface area contributed by atoms with Crippen LogP contribution in [0.4, 0.5) is 10.2 Å². The number of halogens is 1. The summed E-state index contributed by atoms with van der Waals surface area (Å²) in [6, 6.07) is 7.17. The quantitative estimate of drug-likeness (QED) is 0.674. The second-order valence-corrected chi connectivity index (χ2v) is 6.88. The SMILES string of the molecule is Fc1cc2cc(c1)-c1cnn3ccc(nc13)NC[C@@H]1CCCN1CCO2. The van der Waals surface area contributed by atoms with Gasteiger partial charge in [0.1, 0.15) is 24.0 Å². The lowest BCUT2D eigenvalue weighted by molar-refractivity contribution is 0.201. The van der Waals surface area contributed by atoms with Crippen LogP contribution in [0, 0.1) is 5.82 Å². The minimum Gasteiger partial charge on any atom is -0.492 e. The van der Waals surface area contributed by atoms with E-state index < -0.39 is 0 Å². The van der Waals surface area contributed by atoms with Crippen LogP contribution in [0.15, 0.2) is 36.7 Å². The van der Waals surface area contributed by atoms with E-state index in [1.165, 1.54) is 18.6 Å². The molecule has 6 nitrogen and oxygen atoms in total. The molecule has 5 rings (SSSR count). The molecule has 134 valence electrons. The number of hydrogen-bond acceptors (Lipinski definition) is 5. The topological polar surface area (TPSA) is 54.7 Å². The number of fused-ring (bicyclic) bond motifs is 5. The molecule has 0 saturated carbocycles. The van der Waals surface area contributed by atoms with Gasteiger partial charge in [-0.1, -0.05) is 0 Å². The Kier molecular flexibility index (Phi) is 3.74. The van der Waals surface area contributed by atoms with Crippen molar-refractivity contribution < 1.29 is 9.13 Å². The molecule has 1 saturated heterocycles. The zero-order chi connectivity index (χ0) is 17.5. The van der Waals surface area contributed by atoms with Gasteiger partial charge in [0, 0.05) is 37.0 Å². The van der Waals surface area contributed by atoms with Gasteiger partial charge in [0.2, 0.25) is 0 Å². The Hall–Kier alpha value is -2.67. The summed E-state index contributed by atoms with van der Waals surface area (Å²) in [7, 11) is 0. The number of hydrogen-bond donors (Lipinski definition) is 1. The molecule has 1 N–H and O–H groups in total. The summed E-state index contributed by atoms with van der Waals surface area (Å²) in [5.74, 6) is 1.04. The molecule has 4 bridgehead atoms. The molecule has 1 fully saturated rings. The number of aromatic nitrogens is 3. The summed E-state index contributed by atoms with van der Waals surface area (Å²) < 4.78 is 21.7. The van der Waals surface area contributed by atoms with Crippen LogP contribution in [0.3, 0.4) is 0 Å². The number of anilines is 1. The van der Waals surface area contributed by atoms with Crippen LogP contribution in [-0.4, -0.2) is 51.8 Å². The van der Waals surface area contributed by atoms with E-state index in [1.807, 2.05) is 18.3 Å². The third kappa shape index (κ3) is 2.78. The third-order valence-electron chi connectivity index (χ3n) is 5.22. The van der Waals surface area contributed by atoms with Gasteiger partial charge >= 0.3 is 0 Å². The van der Waals surface area contributed by atoms with E-state index in [0.29, 0.717) is 24.0 Å². The lowest BCUT2D eigenvalue weighted by atomic mass is 10.1. The van der Waals surface area contributed by atoms with E-state index in [1.54, 1.807) is 10.7 Å². The summed E-state index contributed by atoms with van der Waals surface area (Å²) in [4.78, 5) is 7.14. The molecule has 26 heavy (non-hydrogen) atoms. The summed E-state index contributed by atoms with van der Waals surface area (Å²) in [6.45, 7) is 3.31. The summed E-state index contributed by atoms with van der Waals surface area (Å²) in [5.41, 5.74) is 2.21. The lowest BCUT2D eigenvalue weighted by Crippen LogP contribution is -2.37. The average Bonchev–Trinajstić information content (AvgIpc) is 3.25. The smallest absolute Gasteiger partial charge is 0.165 e. The Morgan fingerprint density at radius 1 is 1.23 bits per heavy atom. The molecule has 2 aromatic heterocycles. The van der Waals surface area contributed by atoms with Crippen LogP contribution in [-0.2, 0) is 0 Å². The number of benzene rings is 1. The zero-order valence-corrected chi connectivity index (χ0v) is 14.4. The van der Waals surface area contributed by atoms with Crippen LogP contribution in [0.2, 0.25) is 0 Å². The zero-order valence-electron chi connectivity index (χ0n) is 14.4. The molecular weight excluding hydrogens is 333 g/mol. The number of rotatable bonds is 0. The molecule has 4 heterocycles. The van der Waals surface area contributed by atoms with E-state index in [0.717, 1.165) is 43.0 Å². The fraction of sp³-hybridized carbons (Fsp3) is 0.368. The first-order valence-corrected chi connectivity index (χ1v) is 9.02. The van der Waals surface area contributed by atoms with Crippen LogP contribution in [0.1, 0.15) is 12.8 Å². The number of nitrogens with one attached hydrogen (secondary N) is 1. The Morgan fingerprint density at radius 2 is 2.19 bits per heavy atom. The van der Waals surface area contributed by atoms with Crippen molar-refractivity contribution in [3.63, 3.8) is 0 Å². The van der Waals surface area contributed by atoms with Gasteiger partial charge in [0.25, 0.3) is 0 Å². The monoisotopic (exact) mass is 353 g/mol. The Labute approximate surface area is 150 Å². The highest BCUT2D eigenvalue weighted by Crippen LogP contribution is 2.29. The molecule has 2 aliphatic heterocycles. The normalized spacial score (nSPS) is 20.4. The molecule has 0 spiro atoms. The van der Waals surface area contributed by atoms with Gasteiger partial charge in [-0.25, -0.2) is 13.9 Å². The highest BCUT2D eigenvalue weighted by atomic mass is 19.1. The molecule has 0 radical (unpaired) electrons. The van der Waals surface area contributed by atoms with Gasteiger partial charge in [-0.05, 0) is 43.1 Å². The number of nitrogens with zero attached hydrogens (tertiary/aromatic N) is 4. The van der Waals surface area contributed by atoms with Gasteiger partial charge < -0.3 is 10.1 Å². The maximum absolute atomic E-state index is 14.1. The van der Waals surface area contributed by atoms with E-state index >= 15 is 0 Å². The molecule has 0 unspecified atom stereocenters. The van der Waals surface area contributed by atoms with Gasteiger partial charge in [-0.3, -0.25) is 4.90 Å². The van der Waals surface area contributed by atoms with Crippen LogP contribution in [0.5, 0.6) is 5.75 Å². The van der Waals surface area contributed by atoms with Gasteiger partial charge in [0.15, 0.2) is 5.65 Å². The van der Waals surface area contributed by atoms with Gasteiger partial charge in [-0.2, -0.15) is 5.10 Å². The standard InChI is InChI=1S/C19H20FN5O/c20-14-8-13-9-16(10-14)26-7-6-24-4-1-2-15(24)11-21-18-3-5-25-19(23-18)17(13)12-22-25/h3,5,8-10,12,15H,1-2,4,6-7,11H2,(H,21,23)/t15-/m0/s1. The van der Waals surface area contributed by atoms with Crippen molar-refractivity contribution in [3.8, 4) is 16.9 Å². The first kappa shape index (κ1) is 15.6. The number of ether oxygens (including phenoxy) is 1. The van der Waals surface area contributed by atoms with Gasteiger partial charge in [0.05, 0.1) is 6.20 Å². The van der Waals surface area contributed by atoms with Crippen molar-refractivity contribution >= 4 is 11.5 Å². The van der Waals surface area contributed by atoms with Crippen LogP contribution >= 0.6 is 0 Å². The minimum atomic E-state index is -0.322. The first-order valence-electron chi connectivity index (χ1n) is 9.02. The molecule has 2 aliphatic rings. The lowest BCUT2D eigenvalue weighted by Gasteiger charge is -2.25. The molecule has 1 aromatic carbocycles.